The lowest BCUT2D eigenvalue weighted by Crippen LogP contribution is -2.04. The lowest BCUT2D eigenvalue weighted by molar-refractivity contribution is -0.141. The molecule has 0 fully saturated rings. The zero-order valence-electron chi connectivity index (χ0n) is 9.85. The van der Waals surface area contributed by atoms with Crippen molar-refractivity contribution >= 4 is 0 Å². The molecular formula is C12H7F3N4O. The van der Waals surface area contributed by atoms with Gasteiger partial charge in [0, 0.05) is 11.6 Å². The predicted molar refractivity (Wildman–Crippen MR) is 62.3 cm³/mol. The number of hydrogen-bond donors (Lipinski definition) is 1. The fraction of sp³-hybridized carbons (Fsp3) is 0.0833. The van der Waals surface area contributed by atoms with E-state index in [1.54, 1.807) is 24.3 Å². The number of benzene rings is 1. The summed E-state index contributed by atoms with van der Waals surface area (Å²) in [4.78, 5) is 4.02. The number of nitrogens with zero attached hydrogens (tertiary/aromatic N) is 3. The first-order valence-corrected chi connectivity index (χ1v) is 5.56. The highest BCUT2D eigenvalue weighted by atomic mass is 19.4. The second-order valence-corrected chi connectivity index (χ2v) is 3.95. The van der Waals surface area contributed by atoms with Crippen LogP contribution in [0.5, 0.6) is 0 Å². The van der Waals surface area contributed by atoms with Crippen LogP contribution in [0, 0.1) is 0 Å². The van der Waals surface area contributed by atoms with Gasteiger partial charge in [0.2, 0.25) is 5.82 Å². The van der Waals surface area contributed by atoms with Crippen LogP contribution >= 0.6 is 0 Å². The highest BCUT2D eigenvalue weighted by Gasteiger charge is 2.33. The van der Waals surface area contributed by atoms with Crippen LogP contribution in [0.1, 0.15) is 5.69 Å². The molecule has 0 unspecified atom stereocenters. The highest BCUT2D eigenvalue weighted by molar-refractivity contribution is 5.57. The van der Waals surface area contributed by atoms with Crippen LogP contribution < -0.4 is 0 Å². The molecule has 2 aromatic heterocycles. The number of hydrogen-bond acceptors (Lipinski definition) is 4. The molecule has 3 rings (SSSR count). The van der Waals surface area contributed by atoms with Crippen molar-refractivity contribution in [3.63, 3.8) is 0 Å². The molecule has 0 saturated heterocycles. The van der Waals surface area contributed by atoms with E-state index in [1.807, 2.05) is 11.2 Å². The van der Waals surface area contributed by atoms with Crippen molar-refractivity contribution in [2.24, 2.45) is 0 Å². The summed E-state index contributed by atoms with van der Waals surface area (Å²) in [5.41, 5.74) is -0.312. The van der Waals surface area contributed by atoms with E-state index in [2.05, 4.69) is 15.2 Å². The average Bonchev–Trinajstić information content (AvgIpc) is 3.08. The van der Waals surface area contributed by atoms with Crippen molar-refractivity contribution in [2.45, 2.75) is 6.18 Å². The van der Waals surface area contributed by atoms with Gasteiger partial charge in [0.15, 0.2) is 5.69 Å². The maximum Gasteiger partial charge on any atom is 0.432 e. The zero-order chi connectivity index (χ0) is 14.2. The molecule has 3 aromatic rings. The van der Waals surface area contributed by atoms with Crippen molar-refractivity contribution in [1.82, 2.24) is 20.3 Å². The summed E-state index contributed by atoms with van der Waals surface area (Å²) in [5, 5.41) is 9.12. The number of aromatic nitrogens is 4. The number of alkyl halides is 3. The SMILES string of the molecule is FC(F)(F)c1cc(-c2nc(-c3ccccc3)no2)n[nH]1. The van der Waals surface area contributed by atoms with E-state index in [1.165, 1.54) is 0 Å². The largest absolute Gasteiger partial charge is 0.432 e. The third kappa shape index (κ3) is 2.27. The Labute approximate surface area is 110 Å². The molecule has 0 aliphatic carbocycles. The van der Waals surface area contributed by atoms with Crippen molar-refractivity contribution in [1.29, 1.82) is 0 Å². The molecule has 1 N–H and O–H groups in total. The molecule has 0 aliphatic rings. The predicted octanol–water partition coefficient (Wildman–Crippen LogP) is 3.15. The molecule has 0 radical (unpaired) electrons. The van der Waals surface area contributed by atoms with Crippen LogP contribution in [-0.4, -0.2) is 20.3 Å². The van der Waals surface area contributed by atoms with Gasteiger partial charge in [-0.1, -0.05) is 35.5 Å². The van der Waals surface area contributed by atoms with Gasteiger partial charge in [0.25, 0.3) is 5.89 Å². The van der Waals surface area contributed by atoms with E-state index in [4.69, 9.17) is 4.52 Å². The van der Waals surface area contributed by atoms with Gasteiger partial charge in [0.1, 0.15) is 5.69 Å². The second kappa shape index (κ2) is 4.48. The molecule has 102 valence electrons. The van der Waals surface area contributed by atoms with Gasteiger partial charge in [0.05, 0.1) is 0 Å². The maximum atomic E-state index is 12.4. The summed E-state index contributed by atoms with van der Waals surface area (Å²) in [6.45, 7) is 0. The van der Waals surface area contributed by atoms with Crippen molar-refractivity contribution < 1.29 is 17.7 Å². The lowest BCUT2D eigenvalue weighted by atomic mass is 10.2. The van der Waals surface area contributed by atoms with Crippen LogP contribution in [0.15, 0.2) is 40.9 Å². The highest BCUT2D eigenvalue weighted by Crippen LogP contribution is 2.30. The molecule has 0 bridgehead atoms. The van der Waals surface area contributed by atoms with Gasteiger partial charge < -0.3 is 4.52 Å². The van der Waals surface area contributed by atoms with Crippen LogP contribution in [0.4, 0.5) is 13.2 Å². The molecule has 2 heterocycles. The van der Waals surface area contributed by atoms with Gasteiger partial charge in [-0.3, -0.25) is 5.10 Å². The van der Waals surface area contributed by atoms with E-state index in [-0.39, 0.29) is 17.4 Å². The quantitative estimate of drug-likeness (QED) is 0.783. The van der Waals surface area contributed by atoms with E-state index in [0.717, 1.165) is 6.07 Å². The Balaban J connectivity index is 1.93. The molecule has 20 heavy (non-hydrogen) atoms. The van der Waals surface area contributed by atoms with E-state index in [0.29, 0.717) is 5.56 Å². The Morgan fingerprint density at radius 2 is 1.85 bits per heavy atom. The Morgan fingerprint density at radius 3 is 2.50 bits per heavy atom. The molecule has 0 amide bonds. The normalized spacial score (nSPS) is 11.8. The smallest absolute Gasteiger partial charge is 0.332 e. The number of nitrogens with one attached hydrogen (secondary N) is 1. The van der Waals surface area contributed by atoms with Crippen molar-refractivity contribution in [3.05, 3.63) is 42.1 Å². The van der Waals surface area contributed by atoms with Gasteiger partial charge in [-0.05, 0) is 0 Å². The minimum absolute atomic E-state index is 0.0491. The fourth-order valence-electron chi connectivity index (χ4n) is 1.61. The van der Waals surface area contributed by atoms with Gasteiger partial charge in [-0.15, -0.1) is 0 Å². The Morgan fingerprint density at radius 1 is 1.10 bits per heavy atom. The summed E-state index contributed by atoms with van der Waals surface area (Å²) in [6, 6.07) is 9.76. The molecule has 1 aromatic carbocycles. The van der Waals surface area contributed by atoms with Crippen molar-refractivity contribution in [3.8, 4) is 23.0 Å². The van der Waals surface area contributed by atoms with Crippen molar-refractivity contribution in [2.75, 3.05) is 0 Å². The summed E-state index contributed by atoms with van der Waals surface area (Å²) in [5.74, 6) is 0.216. The summed E-state index contributed by atoms with van der Waals surface area (Å²) in [7, 11) is 0. The minimum Gasteiger partial charge on any atom is -0.332 e. The molecule has 8 heteroatoms. The minimum atomic E-state index is -4.49. The maximum absolute atomic E-state index is 12.4. The van der Waals surface area contributed by atoms with E-state index < -0.39 is 11.9 Å². The number of H-pyrrole nitrogens is 1. The molecule has 0 aliphatic heterocycles. The number of rotatable bonds is 2. The standard InChI is InChI=1S/C12H7F3N4O/c13-12(14,15)9-6-8(17-18-9)11-16-10(19-20-11)7-4-2-1-3-5-7/h1-6H,(H,17,18). The molecule has 0 saturated carbocycles. The van der Waals surface area contributed by atoms with Crippen LogP contribution in [0.3, 0.4) is 0 Å². The summed E-state index contributed by atoms with van der Waals surface area (Å²) >= 11 is 0. The van der Waals surface area contributed by atoms with Crippen LogP contribution in [0.25, 0.3) is 23.0 Å². The fourth-order valence-corrected chi connectivity index (χ4v) is 1.61. The van der Waals surface area contributed by atoms with E-state index >= 15 is 0 Å². The number of halogens is 3. The topological polar surface area (TPSA) is 67.6 Å². The summed E-state index contributed by atoms with van der Waals surface area (Å²) < 4.78 is 42.3. The summed E-state index contributed by atoms with van der Waals surface area (Å²) in [6.07, 6.45) is -4.49. The number of aromatic amines is 1. The molecule has 0 atom stereocenters. The third-order valence-corrected chi connectivity index (χ3v) is 2.56. The van der Waals surface area contributed by atoms with Gasteiger partial charge in [-0.2, -0.15) is 23.3 Å². The average molecular weight is 280 g/mol. The monoisotopic (exact) mass is 280 g/mol. The first-order valence-electron chi connectivity index (χ1n) is 5.56. The van der Waals surface area contributed by atoms with Crippen LogP contribution in [-0.2, 0) is 6.18 Å². The molecule has 0 spiro atoms. The van der Waals surface area contributed by atoms with Gasteiger partial charge in [-0.25, -0.2) is 0 Å². The first kappa shape index (κ1) is 12.4. The lowest BCUT2D eigenvalue weighted by Gasteiger charge is -1.99. The zero-order valence-corrected chi connectivity index (χ0v) is 9.85. The second-order valence-electron chi connectivity index (χ2n) is 3.95. The third-order valence-electron chi connectivity index (χ3n) is 2.56. The molecular weight excluding hydrogens is 273 g/mol. The van der Waals surface area contributed by atoms with E-state index in [9.17, 15) is 13.2 Å². The first-order chi connectivity index (χ1) is 9.54. The Kier molecular flexibility index (Phi) is 2.78. The molecule has 5 nitrogen and oxygen atoms in total. The van der Waals surface area contributed by atoms with Crippen LogP contribution in [0.2, 0.25) is 0 Å². The Hall–Kier alpha value is -2.64. The van der Waals surface area contributed by atoms with Gasteiger partial charge >= 0.3 is 6.18 Å². The Bertz CT molecular complexity index is 718.